The second kappa shape index (κ2) is 8.74. The molecule has 0 amide bonds. The van der Waals surface area contributed by atoms with Gasteiger partial charge in [-0.3, -0.25) is 0 Å². The van der Waals surface area contributed by atoms with Gasteiger partial charge in [0.15, 0.2) is 0 Å². The third kappa shape index (κ3) is 9.98. The monoisotopic (exact) mass is 332 g/mol. The van der Waals surface area contributed by atoms with Gasteiger partial charge in [-0.05, 0) is 24.3 Å². The van der Waals surface area contributed by atoms with E-state index in [1.54, 1.807) is 24.3 Å². The van der Waals surface area contributed by atoms with Gasteiger partial charge in [0, 0.05) is 0 Å². The van der Waals surface area contributed by atoms with Gasteiger partial charge in [-0.15, -0.1) is 0 Å². The van der Waals surface area contributed by atoms with Gasteiger partial charge in [-0.1, -0.05) is 36.4 Å². The summed E-state index contributed by atoms with van der Waals surface area (Å²) in [4.78, 5) is 31.1. The minimum Gasteiger partial charge on any atom is -0.418 e. The molecule has 7 nitrogen and oxygen atoms in total. The van der Waals surface area contributed by atoms with Crippen LogP contribution in [0.15, 0.2) is 60.7 Å². The summed E-state index contributed by atoms with van der Waals surface area (Å²) in [6, 6.07) is 18.2. The standard InChI is InChI=1S/C12H11O3P.H3O4P/c13-16(14-11-7-3-1-4-8-11)15-12-9-5-2-6-10-12;1-5(2,3)4/h1-10,13H;(H3,1,2,3,4). The van der Waals surface area contributed by atoms with Gasteiger partial charge in [0.2, 0.25) is 0 Å². The second-order valence-corrected chi connectivity index (χ2v) is 5.43. The molecule has 0 atom stereocenters. The lowest BCUT2D eigenvalue weighted by Crippen LogP contribution is -1.93. The Bertz CT molecular complexity index is 509. The third-order valence-corrected chi connectivity index (χ3v) is 2.59. The first-order chi connectivity index (χ1) is 9.84. The lowest BCUT2D eigenvalue weighted by Gasteiger charge is -2.11. The number of phosphoric acid groups is 1. The normalized spacial score (nSPS) is 10.5. The molecule has 0 aromatic heterocycles. The van der Waals surface area contributed by atoms with Gasteiger partial charge >= 0.3 is 16.4 Å². The summed E-state index contributed by atoms with van der Waals surface area (Å²) in [6.45, 7) is 0. The van der Waals surface area contributed by atoms with Crippen molar-refractivity contribution in [2.45, 2.75) is 0 Å². The Morgan fingerprint density at radius 3 is 1.33 bits per heavy atom. The zero-order valence-electron chi connectivity index (χ0n) is 10.7. The van der Waals surface area contributed by atoms with E-state index in [9.17, 15) is 4.89 Å². The molecule has 9 heteroatoms. The quantitative estimate of drug-likeness (QED) is 0.635. The van der Waals surface area contributed by atoms with Crippen molar-refractivity contribution < 1.29 is 33.2 Å². The summed E-state index contributed by atoms with van der Waals surface area (Å²) < 4.78 is 19.3. The average Bonchev–Trinajstić information content (AvgIpc) is 2.39. The first-order valence-corrected chi connectivity index (χ1v) is 8.27. The Morgan fingerprint density at radius 1 is 0.762 bits per heavy atom. The molecule has 114 valence electrons. The van der Waals surface area contributed by atoms with E-state index < -0.39 is 16.4 Å². The van der Waals surface area contributed by atoms with Crippen molar-refractivity contribution in [3.63, 3.8) is 0 Å². The van der Waals surface area contributed by atoms with Crippen molar-refractivity contribution in [1.29, 1.82) is 0 Å². The SMILES string of the molecule is O=P(O)(O)O.OP(Oc1ccccc1)Oc1ccccc1. The van der Waals surface area contributed by atoms with Crippen LogP contribution in [0, 0.1) is 0 Å². The molecule has 0 radical (unpaired) electrons. The topological polar surface area (TPSA) is 116 Å². The molecule has 0 saturated heterocycles. The van der Waals surface area contributed by atoms with E-state index in [1.807, 2.05) is 36.4 Å². The van der Waals surface area contributed by atoms with Gasteiger partial charge in [-0.2, -0.15) is 0 Å². The fraction of sp³-hybridized carbons (Fsp3) is 0. The minimum absolute atomic E-state index is 0.590. The van der Waals surface area contributed by atoms with Crippen LogP contribution in [0.25, 0.3) is 0 Å². The number of hydrogen-bond donors (Lipinski definition) is 4. The van der Waals surface area contributed by atoms with Crippen LogP contribution in [0.3, 0.4) is 0 Å². The van der Waals surface area contributed by atoms with Crippen LogP contribution < -0.4 is 9.05 Å². The number of rotatable bonds is 4. The molecule has 0 bridgehead atoms. The molecule has 2 aromatic rings. The van der Waals surface area contributed by atoms with Crippen molar-refractivity contribution in [2.75, 3.05) is 0 Å². The highest BCUT2D eigenvalue weighted by atomic mass is 31.2. The van der Waals surface area contributed by atoms with Crippen LogP contribution in [0.5, 0.6) is 11.5 Å². The smallest absolute Gasteiger partial charge is 0.418 e. The largest absolute Gasteiger partial charge is 0.466 e. The highest BCUT2D eigenvalue weighted by Gasteiger charge is 2.10. The van der Waals surface area contributed by atoms with Crippen LogP contribution in [0.4, 0.5) is 0 Å². The van der Waals surface area contributed by atoms with Crippen molar-refractivity contribution in [2.24, 2.45) is 0 Å². The molecule has 2 rings (SSSR count). The molecule has 0 unspecified atom stereocenters. The summed E-state index contributed by atoms with van der Waals surface area (Å²) in [6.07, 6.45) is 0. The first kappa shape index (κ1) is 17.6. The third-order valence-electron chi connectivity index (χ3n) is 1.85. The van der Waals surface area contributed by atoms with Crippen LogP contribution in [-0.2, 0) is 4.57 Å². The summed E-state index contributed by atoms with van der Waals surface area (Å²) in [5, 5.41) is 0. The fourth-order valence-electron chi connectivity index (χ4n) is 1.16. The molecule has 0 aliphatic rings. The molecule has 0 aliphatic carbocycles. The van der Waals surface area contributed by atoms with Crippen LogP contribution in [0.2, 0.25) is 0 Å². The van der Waals surface area contributed by atoms with Crippen molar-refractivity contribution in [3.8, 4) is 11.5 Å². The average molecular weight is 332 g/mol. The number of hydrogen-bond acceptors (Lipinski definition) is 4. The van der Waals surface area contributed by atoms with Gasteiger partial charge in [0.05, 0.1) is 0 Å². The van der Waals surface area contributed by atoms with E-state index in [1.165, 1.54) is 0 Å². The maximum absolute atomic E-state index is 9.58. The predicted octanol–water partition coefficient (Wildman–Crippen LogP) is 2.43. The molecule has 4 N–H and O–H groups in total. The molecule has 2 aromatic carbocycles. The van der Waals surface area contributed by atoms with E-state index in [2.05, 4.69) is 0 Å². The number of para-hydroxylation sites is 2. The summed E-state index contributed by atoms with van der Waals surface area (Å²) in [5.74, 6) is 1.18. The molecular formula is C12H14O7P2. The highest BCUT2D eigenvalue weighted by Crippen LogP contribution is 2.35. The zero-order chi connectivity index (χ0) is 15.7. The van der Waals surface area contributed by atoms with E-state index in [0.29, 0.717) is 11.5 Å². The zero-order valence-corrected chi connectivity index (χ0v) is 12.5. The highest BCUT2D eigenvalue weighted by molar-refractivity contribution is 7.45. The fourth-order valence-corrected chi connectivity index (χ4v) is 1.80. The Labute approximate surface area is 122 Å². The Hall–Kier alpha value is -1.46. The number of benzene rings is 2. The molecule has 0 fully saturated rings. The molecule has 0 heterocycles. The van der Waals surface area contributed by atoms with Gasteiger partial charge in [-0.25, -0.2) is 4.57 Å². The Kier molecular flexibility index (Phi) is 7.32. The summed E-state index contributed by atoms with van der Waals surface area (Å²) in [7, 11) is -6.57. The summed E-state index contributed by atoms with van der Waals surface area (Å²) >= 11 is 0. The molecule has 0 saturated carbocycles. The van der Waals surface area contributed by atoms with E-state index in [0.717, 1.165) is 0 Å². The minimum atomic E-state index is -4.64. The molecule has 0 aliphatic heterocycles. The van der Waals surface area contributed by atoms with Crippen LogP contribution in [0.1, 0.15) is 0 Å². The second-order valence-electron chi connectivity index (χ2n) is 3.56. The maximum atomic E-state index is 9.58. The van der Waals surface area contributed by atoms with E-state index in [4.69, 9.17) is 28.3 Å². The van der Waals surface area contributed by atoms with Crippen LogP contribution >= 0.6 is 16.4 Å². The summed E-state index contributed by atoms with van der Waals surface area (Å²) in [5.41, 5.74) is 0. The lowest BCUT2D eigenvalue weighted by molar-refractivity contribution is 0.275. The van der Waals surface area contributed by atoms with Crippen LogP contribution in [-0.4, -0.2) is 19.6 Å². The predicted molar refractivity (Wildman–Crippen MR) is 77.5 cm³/mol. The van der Waals surface area contributed by atoms with Crippen molar-refractivity contribution in [3.05, 3.63) is 60.7 Å². The van der Waals surface area contributed by atoms with E-state index in [-0.39, 0.29) is 0 Å². The van der Waals surface area contributed by atoms with Crippen molar-refractivity contribution >= 4 is 16.4 Å². The van der Waals surface area contributed by atoms with Gasteiger partial charge < -0.3 is 28.6 Å². The Balaban J connectivity index is 0.000000383. The molecule has 0 spiro atoms. The Morgan fingerprint density at radius 2 is 1.05 bits per heavy atom. The van der Waals surface area contributed by atoms with Gasteiger partial charge in [0.25, 0.3) is 0 Å². The molecule has 21 heavy (non-hydrogen) atoms. The van der Waals surface area contributed by atoms with E-state index >= 15 is 0 Å². The van der Waals surface area contributed by atoms with Gasteiger partial charge in [0.1, 0.15) is 11.5 Å². The first-order valence-electron chi connectivity index (χ1n) is 5.58. The lowest BCUT2D eigenvalue weighted by atomic mass is 10.3. The van der Waals surface area contributed by atoms with Crippen molar-refractivity contribution in [1.82, 2.24) is 0 Å². The molecular weight excluding hydrogens is 318 g/mol. The maximum Gasteiger partial charge on any atom is 0.466 e.